The summed E-state index contributed by atoms with van der Waals surface area (Å²) >= 11 is 5.01. The molecular weight excluding hydrogens is 322 g/mol. The van der Waals surface area contributed by atoms with Gasteiger partial charge in [0, 0.05) is 10.3 Å². The van der Waals surface area contributed by atoms with Crippen molar-refractivity contribution < 1.29 is 13.5 Å². The minimum absolute atomic E-state index is 0.0531. The SMILES string of the molecule is COc1csc(C(Br)Cc2cccc(F)c2F)c1. The Bertz CT molecular complexity index is 542. The predicted molar refractivity (Wildman–Crippen MR) is 72.6 cm³/mol. The van der Waals surface area contributed by atoms with Crippen molar-refractivity contribution in [1.29, 1.82) is 0 Å². The van der Waals surface area contributed by atoms with Crippen molar-refractivity contribution in [2.75, 3.05) is 7.11 Å². The fourth-order valence-corrected chi connectivity index (χ4v) is 3.24. The zero-order chi connectivity index (χ0) is 13.1. The molecule has 96 valence electrons. The molecule has 18 heavy (non-hydrogen) atoms. The van der Waals surface area contributed by atoms with Crippen LogP contribution in [0.3, 0.4) is 0 Å². The number of thiophene rings is 1. The molecule has 1 aromatic carbocycles. The summed E-state index contributed by atoms with van der Waals surface area (Å²) in [5, 5.41) is 1.88. The largest absolute Gasteiger partial charge is 0.496 e. The molecular formula is C13H11BrF2OS. The molecule has 1 atom stereocenters. The molecule has 0 N–H and O–H groups in total. The summed E-state index contributed by atoms with van der Waals surface area (Å²) in [5.41, 5.74) is 0.365. The van der Waals surface area contributed by atoms with Gasteiger partial charge in [-0.2, -0.15) is 0 Å². The summed E-state index contributed by atoms with van der Waals surface area (Å²) in [6.07, 6.45) is 0.396. The summed E-state index contributed by atoms with van der Waals surface area (Å²) in [6.45, 7) is 0. The topological polar surface area (TPSA) is 9.23 Å². The van der Waals surface area contributed by atoms with Crippen LogP contribution in [0.5, 0.6) is 5.75 Å². The normalized spacial score (nSPS) is 12.4. The summed E-state index contributed by atoms with van der Waals surface area (Å²) in [7, 11) is 1.60. The first-order valence-corrected chi connectivity index (χ1v) is 7.10. The third-order valence-electron chi connectivity index (χ3n) is 2.57. The van der Waals surface area contributed by atoms with Crippen LogP contribution in [-0.2, 0) is 6.42 Å². The van der Waals surface area contributed by atoms with E-state index >= 15 is 0 Å². The van der Waals surface area contributed by atoms with E-state index in [0.717, 1.165) is 16.7 Å². The van der Waals surface area contributed by atoms with E-state index in [4.69, 9.17) is 4.74 Å². The average Bonchev–Trinajstić information content (AvgIpc) is 2.83. The van der Waals surface area contributed by atoms with Crippen molar-refractivity contribution in [3.63, 3.8) is 0 Å². The molecule has 2 aromatic rings. The summed E-state index contributed by atoms with van der Waals surface area (Å²) in [5.74, 6) is -0.805. The Morgan fingerprint density at radius 1 is 1.39 bits per heavy atom. The van der Waals surface area contributed by atoms with E-state index in [0.29, 0.717) is 12.0 Å². The van der Waals surface area contributed by atoms with Gasteiger partial charge in [0.05, 0.1) is 11.9 Å². The lowest BCUT2D eigenvalue weighted by Gasteiger charge is -2.08. The summed E-state index contributed by atoms with van der Waals surface area (Å²) in [6, 6.07) is 6.12. The van der Waals surface area contributed by atoms with Gasteiger partial charge in [-0.3, -0.25) is 0 Å². The van der Waals surface area contributed by atoms with Gasteiger partial charge in [-0.05, 0) is 24.1 Å². The first kappa shape index (κ1) is 13.5. The van der Waals surface area contributed by atoms with Crippen molar-refractivity contribution in [2.45, 2.75) is 11.2 Å². The lowest BCUT2D eigenvalue weighted by molar-refractivity contribution is 0.416. The number of hydrogen-bond donors (Lipinski definition) is 0. The van der Waals surface area contributed by atoms with Gasteiger partial charge in [-0.15, -0.1) is 11.3 Å². The number of hydrogen-bond acceptors (Lipinski definition) is 2. The van der Waals surface area contributed by atoms with Gasteiger partial charge in [0.2, 0.25) is 0 Å². The summed E-state index contributed by atoms with van der Waals surface area (Å²) in [4.78, 5) is 0.971. The van der Waals surface area contributed by atoms with E-state index in [9.17, 15) is 8.78 Å². The third-order valence-corrected chi connectivity index (χ3v) is 4.72. The molecule has 5 heteroatoms. The Morgan fingerprint density at radius 3 is 2.83 bits per heavy atom. The second-order valence-corrected chi connectivity index (χ2v) is 5.82. The number of benzene rings is 1. The molecule has 0 spiro atoms. The highest BCUT2D eigenvalue weighted by Crippen LogP contribution is 2.35. The fourth-order valence-electron chi connectivity index (χ4n) is 1.61. The third kappa shape index (κ3) is 2.90. The number of methoxy groups -OCH3 is 1. The molecule has 0 aliphatic carbocycles. The molecule has 0 bridgehead atoms. The Balaban J connectivity index is 2.15. The molecule has 1 nitrogen and oxygen atoms in total. The minimum Gasteiger partial charge on any atom is -0.496 e. The standard InChI is InChI=1S/C13H11BrF2OS/c1-17-9-6-12(18-7-9)10(14)5-8-3-2-4-11(15)13(8)16/h2-4,6-7,10H,5H2,1H3. The molecule has 0 aliphatic rings. The van der Waals surface area contributed by atoms with Crippen LogP contribution in [0.1, 0.15) is 15.3 Å². The Labute approximate surface area is 117 Å². The lowest BCUT2D eigenvalue weighted by Crippen LogP contribution is -1.98. The lowest BCUT2D eigenvalue weighted by atomic mass is 10.1. The first-order chi connectivity index (χ1) is 8.61. The molecule has 0 saturated carbocycles. The molecule has 0 fully saturated rings. The predicted octanol–water partition coefficient (Wildman–Crippen LogP) is 4.71. The maximum Gasteiger partial charge on any atom is 0.162 e. The highest BCUT2D eigenvalue weighted by atomic mass is 79.9. The number of alkyl halides is 1. The van der Waals surface area contributed by atoms with Crippen LogP contribution in [0.2, 0.25) is 0 Å². The molecule has 0 saturated heterocycles. The number of rotatable bonds is 4. The van der Waals surface area contributed by atoms with Crippen LogP contribution < -0.4 is 4.74 Å². The highest BCUT2D eigenvalue weighted by molar-refractivity contribution is 9.09. The average molecular weight is 333 g/mol. The van der Waals surface area contributed by atoms with E-state index in [1.165, 1.54) is 17.4 Å². The van der Waals surface area contributed by atoms with Crippen molar-refractivity contribution in [3.05, 3.63) is 51.7 Å². The quantitative estimate of drug-likeness (QED) is 0.736. The number of ether oxygens (including phenoxy) is 1. The molecule has 0 aliphatic heterocycles. The fraction of sp³-hybridized carbons (Fsp3) is 0.231. The maximum absolute atomic E-state index is 13.5. The van der Waals surface area contributed by atoms with E-state index in [-0.39, 0.29) is 4.83 Å². The van der Waals surface area contributed by atoms with Gasteiger partial charge in [0.1, 0.15) is 5.75 Å². The molecule has 1 aromatic heterocycles. The highest BCUT2D eigenvalue weighted by Gasteiger charge is 2.15. The van der Waals surface area contributed by atoms with Crippen LogP contribution >= 0.6 is 27.3 Å². The van der Waals surface area contributed by atoms with E-state index in [1.54, 1.807) is 13.2 Å². The van der Waals surface area contributed by atoms with Crippen LogP contribution in [0, 0.1) is 11.6 Å². The molecule has 1 unspecified atom stereocenters. The maximum atomic E-state index is 13.5. The van der Waals surface area contributed by atoms with Crippen molar-refractivity contribution in [3.8, 4) is 5.75 Å². The van der Waals surface area contributed by atoms with Crippen LogP contribution in [0.25, 0.3) is 0 Å². The second kappa shape index (κ2) is 5.80. The van der Waals surface area contributed by atoms with Gasteiger partial charge in [0.15, 0.2) is 11.6 Å². The monoisotopic (exact) mass is 332 g/mol. The van der Waals surface area contributed by atoms with E-state index in [1.807, 2.05) is 11.4 Å². The minimum atomic E-state index is -0.809. The van der Waals surface area contributed by atoms with Gasteiger partial charge in [0.25, 0.3) is 0 Å². The van der Waals surface area contributed by atoms with Crippen LogP contribution in [0.15, 0.2) is 29.6 Å². The Kier molecular flexibility index (Phi) is 4.35. The molecule has 0 radical (unpaired) electrons. The van der Waals surface area contributed by atoms with Crippen molar-refractivity contribution >= 4 is 27.3 Å². The Morgan fingerprint density at radius 2 is 2.17 bits per heavy atom. The zero-order valence-corrected chi connectivity index (χ0v) is 12.0. The Hall–Kier alpha value is -0.940. The van der Waals surface area contributed by atoms with Crippen molar-refractivity contribution in [1.82, 2.24) is 0 Å². The van der Waals surface area contributed by atoms with Crippen molar-refractivity contribution in [2.24, 2.45) is 0 Å². The number of halogens is 3. The second-order valence-electron chi connectivity index (χ2n) is 3.77. The van der Waals surface area contributed by atoms with Crippen LogP contribution in [-0.4, -0.2) is 7.11 Å². The zero-order valence-electron chi connectivity index (χ0n) is 9.62. The van der Waals surface area contributed by atoms with Gasteiger partial charge < -0.3 is 4.74 Å². The van der Waals surface area contributed by atoms with Gasteiger partial charge >= 0.3 is 0 Å². The van der Waals surface area contributed by atoms with Crippen LogP contribution in [0.4, 0.5) is 8.78 Å². The van der Waals surface area contributed by atoms with E-state index in [2.05, 4.69) is 15.9 Å². The molecule has 2 rings (SSSR count). The molecule has 0 amide bonds. The summed E-state index contributed by atoms with van der Waals surface area (Å²) < 4.78 is 31.7. The van der Waals surface area contributed by atoms with E-state index < -0.39 is 11.6 Å². The molecule has 1 heterocycles. The first-order valence-electron chi connectivity index (χ1n) is 5.31. The smallest absolute Gasteiger partial charge is 0.162 e. The van der Waals surface area contributed by atoms with Gasteiger partial charge in [-0.1, -0.05) is 28.1 Å². The van der Waals surface area contributed by atoms with Gasteiger partial charge in [-0.25, -0.2) is 8.78 Å².